The summed E-state index contributed by atoms with van der Waals surface area (Å²) in [5.74, 6) is -2.02. The Hall–Kier alpha value is -3.16. The van der Waals surface area contributed by atoms with Crippen molar-refractivity contribution < 1.29 is 22.1 Å². The first kappa shape index (κ1) is 23.0. The van der Waals surface area contributed by atoms with Crippen molar-refractivity contribution in [3.8, 4) is 16.9 Å². The van der Waals surface area contributed by atoms with E-state index in [1.165, 1.54) is 16.3 Å². The summed E-state index contributed by atoms with van der Waals surface area (Å²) < 4.78 is 53.4. The molecule has 2 N–H and O–H groups in total. The summed E-state index contributed by atoms with van der Waals surface area (Å²) >= 11 is 0. The lowest BCUT2D eigenvalue weighted by molar-refractivity contribution is 0.264. The Morgan fingerprint density at radius 2 is 1.67 bits per heavy atom. The van der Waals surface area contributed by atoms with E-state index in [0.717, 1.165) is 40.3 Å². The van der Waals surface area contributed by atoms with Gasteiger partial charge in [0.1, 0.15) is 18.2 Å². The molecule has 0 bridgehead atoms. The number of nitrogens with two attached hydrogens (primary N) is 1. The summed E-state index contributed by atoms with van der Waals surface area (Å²) in [6.45, 7) is 0.572. The molecule has 5 rings (SSSR count). The van der Waals surface area contributed by atoms with Gasteiger partial charge >= 0.3 is 0 Å². The van der Waals surface area contributed by atoms with Crippen LogP contribution in [0.4, 0.5) is 13.2 Å². The van der Waals surface area contributed by atoms with Crippen molar-refractivity contribution >= 4 is 21.6 Å². The van der Waals surface area contributed by atoms with Crippen LogP contribution < -0.4 is 10.5 Å². The van der Waals surface area contributed by atoms with E-state index in [9.17, 15) is 17.4 Å². The lowest BCUT2D eigenvalue weighted by Gasteiger charge is -2.24. The standard InChI is InChI=1S/C20H19NO2S.C6H3F3/c1-24(22)17-4-2-3-14(9-17)15-6-5-13-7-8-20-19(18(13)10-15)11-16(21)12-23-20;7-4-1-2-5(8)6(9)3-4/h2-10,16H,11-12,21H2,1H3;1-3H. The normalized spacial score (nSPS) is 15.7. The molecule has 0 fully saturated rings. The molecule has 33 heavy (non-hydrogen) atoms. The maximum Gasteiger partial charge on any atom is 0.161 e. The molecule has 0 saturated heterocycles. The molecular weight excluding hydrogens is 447 g/mol. The Balaban J connectivity index is 0.000000243. The summed E-state index contributed by atoms with van der Waals surface area (Å²) in [6.07, 6.45) is 2.53. The first-order valence-electron chi connectivity index (χ1n) is 10.3. The van der Waals surface area contributed by atoms with E-state index in [-0.39, 0.29) is 6.04 Å². The highest BCUT2D eigenvalue weighted by Crippen LogP contribution is 2.34. The van der Waals surface area contributed by atoms with Gasteiger partial charge in [0.25, 0.3) is 0 Å². The van der Waals surface area contributed by atoms with E-state index in [2.05, 4.69) is 30.3 Å². The lowest BCUT2D eigenvalue weighted by atomic mass is 9.93. The SMILES string of the molecule is CS(=O)c1cccc(-c2ccc3ccc4c(c3c2)CC(N)CO4)c1.Fc1ccc(F)c(F)c1. The van der Waals surface area contributed by atoms with Crippen LogP contribution in [-0.4, -0.2) is 23.1 Å². The molecule has 0 aliphatic carbocycles. The van der Waals surface area contributed by atoms with Crippen LogP contribution in [0, 0.1) is 17.5 Å². The summed E-state index contributed by atoms with van der Waals surface area (Å²) in [7, 11) is -0.983. The Morgan fingerprint density at radius 1 is 0.909 bits per heavy atom. The largest absolute Gasteiger partial charge is 0.492 e. The van der Waals surface area contributed by atoms with Crippen molar-refractivity contribution in [2.45, 2.75) is 17.4 Å². The quantitative estimate of drug-likeness (QED) is 0.388. The number of benzene rings is 4. The van der Waals surface area contributed by atoms with Crippen LogP contribution in [0.1, 0.15) is 5.56 Å². The zero-order valence-corrected chi connectivity index (χ0v) is 18.7. The molecule has 2 unspecified atom stereocenters. The lowest BCUT2D eigenvalue weighted by Crippen LogP contribution is -2.33. The zero-order valence-electron chi connectivity index (χ0n) is 17.9. The third-order valence-electron chi connectivity index (χ3n) is 5.39. The number of halogens is 3. The summed E-state index contributed by atoms with van der Waals surface area (Å²) in [6, 6.07) is 20.6. The molecule has 7 heteroatoms. The Morgan fingerprint density at radius 3 is 2.39 bits per heavy atom. The fourth-order valence-electron chi connectivity index (χ4n) is 3.73. The highest BCUT2D eigenvalue weighted by Gasteiger charge is 2.19. The number of fused-ring (bicyclic) bond motifs is 3. The van der Waals surface area contributed by atoms with Gasteiger partial charge in [-0.25, -0.2) is 13.2 Å². The highest BCUT2D eigenvalue weighted by molar-refractivity contribution is 7.84. The molecule has 0 aromatic heterocycles. The van der Waals surface area contributed by atoms with Crippen molar-refractivity contribution in [1.82, 2.24) is 0 Å². The number of rotatable bonds is 2. The van der Waals surface area contributed by atoms with Crippen LogP contribution in [-0.2, 0) is 17.2 Å². The van der Waals surface area contributed by atoms with Gasteiger partial charge in [-0.2, -0.15) is 0 Å². The zero-order chi connectivity index (χ0) is 23.5. The monoisotopic (exact) mass is 469 g/mol. The van der Waals surface area contributed by atoms with Crippen molar-refractivity contribution in [2.24, 2.45) is 5.73 Å². The Bertz CT molecular complexity index is 1340. The fourth-order valence-corrected chi connectivity index (χ4v) is 4.29. The molecule has 4 aromatic carbocycles. The van der Waals surface area contributed by atoms with Crippen LogP contribution in [0.5, 0.6) is 5.75 Å². The molecule has 0 spiro atoms. The minimum absolute atomic E-state index is 0.0394. The predicted octanol–water partition coefficient (Wildman–Crippen LogP) is 5.61. The maximum atomic E-state index is 12.0. The van der Waals surface area contributed by atoms with Gasteiger partial charge in [-0.1, -0.05) is 30.3 Å². The molecule has 1 aliphatic heterocycles. The minimum Gasteiger partial charge on any atom is -0.492 e. The van der Waals surface area contributed by atoms with Crippen molar-refractivity contribution in [3.05, 3.63) is 95.8 Å². The van der Waals surface area contributed by atoms with Crippen LogP contribution in [0.2, 0.25) is 0 Å². The smallest absolute Gasteiger partial charge is 0.161 e. The van der Waals surface area contributed by atoms with Gasteiger partial charge in [-0.3, -0.25) is 4.21 Å². The first-order valence-corrected chi connectivity index (χ1v) is 11.9. The average Bonchev–Trinajstić information content (AvgIpc) is 2.81. The molecule has 1 heterocycles. The molecule has 4 aromatic rings. The van der Waals surface area contributed by atoms with Gasteiger partial charge in [-0.15, -0.1) is 0 Å². The third kappa shape index (κ3) is 5.26. The second-order valence-electron chi connectivity index (χ2n) is 7.79. The minimum atomic E-state index is -1.16. The van der Waals surface area contributed by atoms with E-state index in [1.54, 1.807) is 6.26 Å². The topological polar surface area (TPSA) is 52.3 Å². The van der Waals surface area contributed by atoms with Crippen LogP contribution >= 0.6 is 0 Å². The van der Waals surface area contributed by atoms with Crippen molar-refractivity contribution in [1.29, 1.82) is 0 Å². The first-order chi connectivity index (χ1) is 15.8. The van der Waals surface area contributed by atoms with Crippen molar-refractivity contribution in [2.75, 3.05) is 12.9 Å². The van der Waals surface area contributed by atoms with Gasteiger partial charge < -0.3 is 10.5 Å². The second kappa shape index (κ2) is 9.77. The summed E-state index contributed by atoms with van der Waals surface area (Å²) in [4.78, 5) is 0.841. The van der Waals surface area contributed by atoms with Crippen molar-refractivity contribution in [3.63, 3.8) is 0 Å². The van der Waals surface area contributed by atoms with E-state index < -0.39 is 28.3 Å². The van der Waals surface area contributed by atoms with E-state index in [4.69, 9.17) is 10.5 Å². The molecule has 0 amide bonds. The summed E-state index contributed by atoms with van der Waals surface area (Å²) in [5, 5.41) is 2.37. The Labute approximate surface area is 192 Å². The van der Waals surface area contributed by atoms with Crippen LogP contribution in [0.25, 0.3) is 21.9 Å². The second-order valence-corrected chi connectivity index (χ2v) is 9.17. The number of hydrogen-bond acceptors (Lipinski definition) is 3. The predicted molar refractivity (Wildman–Crippen MR) is 125 cm³/mol. The maximum absolute atomic E-state index is 12.0. The average molecular weight is 470 g/mol. The number of ether oxygens (including phenoxy) is 1. The van der Waals surface area contributed by atoms with Gasteiger partial charge in [0.15, 0.2) is 11.6 Å². The van der Waals surface area contributed by atoms with Gasteiger partial charge in [0.2, 0.25) is 0 Å². The van der Waals surface area contributed by atoms with E-state index in [0.29, 0.717) is 12.7 Å². The van der Waals surface area contributed by atoms with Gasteiger partial charge in [0, 0.05) is 39.6 Å². The molecule has 0 saturated carbocycles. The molecule has 3 nitrogen and oxygen atoms in total. The van der Waals surface area contributed by atoms with Crippen LogP contribution in [0.15, 0.2) is 77.7 Å². The van der Waals surface area contributed by atoms with E-state index in [1.807, 2.05) is 24.3 Å². The molecule has 0 radical (unpaired) electrons. The molecule has 170 valence electrons. The highest BCUT2D eigenvalue weighted by atomic mass is 32.2. The molecular formula is C26H22F3NO2S. The fraction of sp³-hybridized carbons (Fsp3) is 0.154. The van der Waals surface area contributed by atoms with Gasteiger partial charge in [0.05, 0.1) is 0 Å². The molecule has 2 atom stereocenters. The Kier molecular flexibility index (Phi) is 6.81. The third-order valence-corrected chi connectivity index (χ3v) is 6.31. The van der Waals surface area contributed by atoms with Crippen LogP contribution in [0.3, 0.4) is 0 Å². The van der Waals surface area contributed by atoms with Gasteiger partial charge in [-0.05, 0) is 64.7 Å². The summed E-state index contributed by atoms with van der Waals surface area (Å²) in [5.41, 5.74) is 9.45. The number of hydrogen-bond donors (Lipinski definition) is 1. The van der Waals surface area contributed by atoms with E-state index >= 15 is 0 Å². The molecule has 1 aliphatic rings.